The number of nitrogens with one attached hydrogen (secondary N) is 2. The van der Waals surface area contributed by atoms with E-state index in [4.69, 9.17) is 15.9 Å². The van der Waals surface area contributed by atoms with E-state index in [9.17, 15) is 14.4 Å². The smallest absolute Gasteiger partial charge is 0.408 e. The predicted molar refractivity (Wildman–Crippen MR) is 176 cm³/mol. The first-order valence-corrected chi connectivity index (χ1v) is 15.7. The third kappa shape index (κ3) is 11.9. The highest BCUT2D eigenvalue weighted by atomic mass is 16.6. The van der Waals surface area contributed by atoms with Gasteiger partial charge in [-0.1, -0.05) is 77.0 Å². The van der Waals surface area contributed by atoms with E-state index >= 15 is 0 Å². The molecule has 0 aliphatic rings. The highest BCUT2D eigenvalue weighted by Gasteiger charge is 2.37. The van der Waals surface area contributed by atoms with E-state index in [0.717, 1.165) is 32.1 Å². The van der Waals surface area contributed by atoms with Gasteiger partial charge in [-0.2, -0.15) is 0 Å². The van der Waals surface area contributed by atoms with Gasteiger partial charge in [0.05, 0.1) is 7.11 Å². The Kier molecular flexibility index (Phi) is 14.8. The van der Waals surface area contributed by atoms with Gasteiger partial charge in [0.2, 0.25) is 5.91 Å². The molecular formula is C36H51N3O5. The van der Waals surface area contributed by atoms with Gasteiger partial charge in [-0.15, -0.1) is 6.42 Å². The van der Waals surface area contributed by atoms with E-state index in [1.54, 1.807) is 69.2 Å². The van der Waals surface area contributed by atoms with Crippen LogP contribution in [0.1, 0.15) is 104 Å². The highest BCUT2D eigenvalue weighted by Crippen LogP contribution is 2.29. The summed E-state index contributed by atoms with van der Waals surface area (Å²) in [6.45, 7) is 11.8. The number of terminal acetylenes is 1. The maximum absolute atomic E-state index is 14.5. The number of carbonyl (C=O) groups is 3. The molecule has 8 heteroatoms. The zero-order chi connectivity index (χ0) is 32.7. The van der Waals surface area contributed by atoms with Gasteiger partial charge in [-0.25, -0.2) is 4.79 Å². The fraction of sp³-hybridized carbons (Fsp3) is 0.528. The number of ether oxygens (including phenoxy) is 2. The number of hydrogen-bond donors (Lipinski definition) is 2. The molecule has 2 atom stereocenters. The van der Waals surface area contributed by atoms with Crippen molar-refractivity contribution in [3.63, 3.8) is 0 Å². The Balaban J connectivity index is 2.57. The summed E-state index contributed by atoms with van der Waals surface area (Å²) in [5, 5.41) is 5.78. The van der Waals surface area contributed by atoms with Gasteiger partial charge in [-0.3, -0.25) is 9.59 Å². The summed E-state index contributed by atoms with van der Waals surface area (Å²) in [6, 6.07) is 12.2. The van der Waals surface area contributed by atoms with Crippen LogP contribution in [0.2, 0.25) is 0 Å². The monoisotopic (exact) mass is 605 g/mol. The number of benzene rings is 2. The Hall–Kier alpha value is -3.99. The lowest BCUT2D eigenvalue weighted by atomic mass is 9.95. The summed E-state index contributed by atoms with van der Waals surface area (Å²) in [4.78, 5) is 43.2. The summed E-state index contributed by atoms with van der Waals surface area (Å²) >= 11 is 0. The molecule has 2 rings (SSSR count). The van der Waals surface area contributed by atoms with Crippen molar-refractivity contribution in [2.45, 2.75) is 104 Å². The molecule has 0 radical (unpaired) electrons. The largest absolute Gasteiger partial charge is 0.497 e. The number of nitrogens with zero attached hydrogens (tertiary/aromatic N) is 1. The third-order valence-electron chi connectivity index (χ3n) is 7.06. The predicted octanol–water partition coefficient (Wildman–Crippen LogP) is 7.48. The number of carbonyl (C=O) groups excluding carboxylic acids is 3. The molecule has 240 valence electrons. The number of anilines is 1. The molecule has 0 aromatic heterocycles. The van der Waals surface area contributed by atoms with Gasteiger partial charge in [-0.05, 0) is 75.4 Å². The number of methoxy groups -OCH3 is 1. The second-order valence-corrected chi connectivity index (χ2v) is 12.5. The van der Waals surface area contributed by atoms with Gasteiger partial charge in [0.25, 0.3) is 5.91 Å². The first kappa shape index (κ1) is 36.2. The highest BCUT2D eigenvalue weighted by molar-refractivity contribution is 5.99. The molecule has 0 fully saturated rings. The SMILES string of the molecule is C#Cc1ccccc1C(C(=O)Nc1ccc(OC)cc1)N(CCCCCCCC)C(=O)C(CC(C)C)NC(=O)OC(C)(C)C. The van der Waals surface area contributed by atoms with Crippen LogP contribution in [0.25, 0.3) is 0 Å². The van der Waals surface area contributed by atoms with Crippen LogP contribution < -0.4 is 15.4 Å². The van der Waals surface area contributed by atoms with Crippen LogP contribution in [-0.2, 0) is 14.3 Å². The molecule has 0 heterocycles. The molecule has 3 amide bonds. The van der Waals surface area contributed by atoms with Gasteiger partial charge in [0.1, 0.15) is 23.4 Å². The lowest BCUT2D eigenvalue weighted by molar-refractivity contribution is -0.141. The second-order valence-electron chi connectivity index (χ2n) is 12.5. The standard InChI is InChI=1S/C36H51N3O5/c1-9-11-12-13-14-17-24-39(34(41)31(25-26(3)4)38-35(42)44-36(5,6)7)32(30-19-16-15-18-27(30)10-2)33(40)37-28-20-22-29(43-8)23-21-28/h2,15-16,18-23,26,31-32H,9,11-14,17,24-25H2,1,3-8H3,(H,37,40)(H,38,42). The topological polar surface area (TPSA) is 97.0 Å². The van der Waals surface area contributed by atoms with E-state index in [0.29, 0.717) is 42.0 Å². The lowest BCUT2D eigenvalue weighted by Crippen LogP contribution is -2.53. The minimum atomic E-state index is -1.04. The molecule has 2 aromatic carbocycles. The van der Waals surface area contributed by atoms with Crippen LogP contribution in [-0.4, -0.2) is 48.1 Å². The molecule has 0 aliphatic heterocycles. The molecule has 2 N–H and O–H groups in total. The van der Waals surface area contributed by atoms with Gasteiger partial charge in [0, 0.05) is 17.8 Å². The van der Waals surface area contributed by atoms with Gasteiger partial charge in [0.15, 0.2) is 0 Å². The van der Waals surface area contributed by atoms with Crippen molar-refractivity contribution in [1.82, 2.24) is 10.2 Å². The molecule has 8 nitrogen and oxygen atoms in total. The maximum Gasteiger partial charge on any atom is 0.408 e. The summed E-state index contributed by atoms with van der Waals surface area (Å²) in [7, 11) is 1.57. The number of amides is 3. The summed E-state index contributed by atoms with van der Waals surface area (Å²) in [6.07, 6.45) is 11.6. The van der Waals surface area contributed by atoms with Crippen molar-refractivity contribution in [2.75, 3.05) is 19.0 Å². The summed E-state index contributed by atoms with van der Waals surface area (Å²) in [5.74, 6) is 2.66. The fourth-order valence-corrected chi connectivity index (χ4v) is 4.97. The minimum absolute atomic E-state index is 0.0827. The molecule has 0 saturated carbocycles. The van der Waals surface area contributed by atoms with Crippen LogP contribution in [0.5, 0.6) is 5.75 Å². The normalized spacial score (nSPS) is 12.5. The van der Waals surface area contributed by atoms with E-state index in [1.165, 1.54) is 0 Å². The Bertz CT molecular complexity index is 1240. The van der Waals surface area contributed by atoms with E-state index in [2.05, 4.69) is 23.5 Å². The molecule has 2 unspecified atom stereocenters. The quantitative estimate of drug-likeness (QED) is 0.153. The van der Waals surface area contributed by atoms with Crippen LogP contribution in [0.15, 0.2) is 48.5 Å². The van der Waals surface area contributed by atoms with Gasteiger partial charge >= 0.3 is 6.09 Å². The second kappa shape index (κ2) is 18.0. The van der Waals surface area contributed by atoms with E-state index < -0.39 is 29.7 Å². The lowest BCUT2D eigenvalue weighted by Gasteiger charge is -2.35. The molecule has 0 bridgehead atoms. The van der Waals surface area contributed by atoms with Crippen LogP contribution in [0.4, 0.5) is 10.5 Å². The number of unbranched alkanes of at least 4 members (excludes halogenated alkanes) is 5. The Morgan fingerprint density at radius 3 is 2.18 bits per heavy atom. The number of hydrogen-bond acceptors (Lipinski definition) is 5. The Labute approximate surface area is 264 Å². The zero-order valence-electron chi connectivity index (χ0n) is 27.6. The van der Waals surface area contributed by atoms with Crippen molar-refractivity contribution in [2.24, 2.45) is 5.92 Å². The average Bonchev–Trinajstić information content (AvgIpc) is 2.96. The Morgan fingerprint density at radius 1 is 0.955 bits per heavy atom. The third-order valence-corrected chi connectivity index (χ3v) is 7.06. The minimum Gasteiger partial charge on any atom is -0.497 e. The van der Waals surface area contributed by atoms with Crippen molar-refractivity contribution >= 4 is 23.6 Å². The van der Waals surface area contributed by atoms with Crippen molar-refractivity contribution in [3.05, 3.63) is 59.7 Å². The van der Waals surface area contributed by atoms with Gasteiger partial charge < -0.3 is 25.0 Å². The maximum atomic E-state index is 14.5. The first-order chi connectivity index (χ1) is 20.9. The Morgan fingerprint density at radius 2 is 1.59 bits per heavy atom. The number of alkyl carbamates (subject to hydrolysis) is 1. The molecular weight excluding hydrogens is 554 g/mol. The first-order valence-electron chi connectivity index (χ1n) is 15.7. The van der Waals surface area contributed by atoms with Crippen LogP contribution in [0, 0.1) is 18.3 Å². The fourth-order valence-electron chi connectivity index (χ4n) is 4.97. The van der Waals surface area contributed by atoms with E-state index in [-0.39, 0.29) is 11.8 Å². The zero-order valence-corrected chi connectivity index (χ0v) is 27.6. The molecule has 0 saturated heterocycles. The summed E-state index contributed by atoms with van der Waals surface area (Å²) in [5.41, 5.74) is 0.876. The molecule has 0 aliphatic carbocycles. The molecule has 2 aromatic rings. The number of rotatable bonds is 16. The van der Waals surface area contributed by atoms with Crippen LogP contribution in [0.3, 0.4) is 0 Å². The summed E-state index contributed by atoms with van der Waals surface area (Å²) < 4.78 is 10.8. The molecule has 44 heavy (non-hydrogen) atoms. The van der Waals surface area contributed by atoms with E-state index in [1.807, 2.05) is 26.0 Å². The van der Waals surface area contributed by atoms with Crippen molar-refractivity contribution in [1.29, 1.82) is 0 Å². The molecule has 0 spiro atoms. The average molecular weight is 606 g/mol. The van der Waals surface area contributed by atoms with Crippen molar-refractivity contribution < 1.29 is 23.9 Å². The van der Waals surface area contributed by atoms with Crippen LogP contribution >= 0.6 is 0 Å². The van der Waals surface area contributed by atoms with Crippen molar-refractivity contribution in [3.8, 4) is 18.1 Å².